The predicted molar refractivity (Wildman–Crippen MR) is 507 cm³/mol. The number of cyclic esters (lactones) is 1. The number of carboxylic acid groups (broad SMARTS) is 2. The first-order valence-corrected chi connectivity index (χ1v) is 53.2. The van der Waals surface area contributed by atoms with Gasteiger partial charge in [0.15, 0.2) is 76.3 Å². The lowest BCUT2D eigenvalue weighted by Gasteiger charge is -2.23. The van der Waals surface area contributed by atoms with Gasteiger partial charge in [0.25, 0.3) is 61.9 Å². The number of fused-ring (bicyclic) bond motifs is 5. The second-order valence-corrected chi connectivity index (χ2v) is 45.9. The first kappa shape index (κ1) is 103. The Balaban J connectivity index is 0.000000141. The number of carbonyl (C=O) groups is 7. The summed E-state index contributed by atoms with van der Waals surface area (Å²) in [6.07, 6.45) is 5.91. The number of aromatic hydroxyl groups is 5. The third-order valence-corrected chi connectivity index (χ3v) is 34.9. The van der Waals surface area contributed by atoms with E-state index in [4.69, 9.17) is 76.3 Å². The summed E-state index contributed by atoms with van der Waals surface area (Å²) in [5.74, 6) is -5.21. The Labute approximate surface area is 827 Å². The molecule has 6 aromatic heterocycles. The summed E-state index contributed by atoms with van der Waals surface area (Å²) in [5.41, 5.74) is 0.421. The van der Waals surface area contributed by atoms with Gasteiger partial charge in [0.2, 0.25) is 67.8 Å². The molecule has 0 aliphatic carbocycles. The van der Waals surface area contributed by atoms with E-state index in [-0.39, 0.29) is 236 Å². The molecule has 2 fully saturated rings. The molecule has 7 aliphatic heterocycles. The van der Waals surface area contributed by atoms with Gasteiger partial charge in [0, 0.05) is 66.2 Å². The van der Waals surface area contributed by atoms with Gasteiger partial charge in [-0.25, -0.2) is 62.6 Å². The first-order chi connectivity index (χ1) is 67.0. The van der Waals surface area contributed by atoms with Crippen molar-refractivity contribution in [2.45, 2.75) is 66.7 Å². The predicted octanol–water partition coefficient (Wildman–Crippen LogP) is 12.8. The van der Waals surface area contributed by atoms with E-state index in [1.54, 1.807) is 95.5 Å². The molecular formula is C83H74N8O38S12. The van der Waals surface area contributed by atoms with Gasteiger partial charge in [-0.2, -0.15) is 12.1 Å². The molecule has 11 aromatic rings. The highest BCUT2D eigenvalue weighted by molar-refractivity contribution is 8.12. The van der Waals surface area contributed by atoms with Crippen molar-refractivity contribution >= 4 is 219 Å². The molecule has 5 amide bonds. The Morgan fingerprint density at radius 1 is 0.468 bits per heavy atom. The minimum absolute atomic E-state index is 0.00164. The highest BCUT2D eigenvalue weighted by atomic mass is 32.3. The highest BCUT2D eigenvalue weighted by Gasteiger charge is 2.41. The number of anilines is 5. The molecule has 18 rings (SSSR count). The van der Waals surface area contributed by atoms with Crippen LogP contribution in [0.5, 0.6) is 91.3 Å². The number of nitrogens with one attached hydrogen (secondary N) is 4. The van der Waals surface area contributed by atoms with E-state index in [2.05, 4.69) is 18.9 Å². The van der Waals surface area contributed by atoms with Crippen LogP contribution in [0.2, 0.25) is 0 Å². The number of aliphatic carboxylic acids is 2. The Hall–Kier alpha value is -14.3. The average Bonchev–Trinajstić information content (AvgIpc) is 1.63. The fourth-order valence-corrected chi connectivity index (χ4v) is 24.9. The number of aryl methyl sites for hydroxylation is 1. The third-order valence-electron chi connectivity index (χ3n) is 19.0. The molecule has 0 saturated carbocycles. The van der Waals surface area contributed by atoms with Crippen molar-refractivity contribution < 1.29 is 177 Å². The summed E-state index contributed by atoms with van der Waals surface area (Å²) >= 11 is 6.83. The number of hydrogen-bond donors (Lipinski definition) is 11. The minimum Gasteiger partial charge on any atom is -0.504 e. The van der Waals surface area contributed by atoms with E-state index in [9.17, 15) is 101 Å². The molecule has 13 heterocycles. The number of hydrogen-bond acceptors (Lipinski definition) is 43. The maximum atomic E-state index is 13.5. The van der Waals surface area contributed by atoms with E-state index in [0.29, 0.717) is 17.3 Å². The molecule has 7 aliphatic rings. The van der Waals surface area contributed by atoms with Crippen LogP contribution in [-0.2, 0) is 101 Å². The number of imide groups is 2. The number of ether oxygens (including phenoxy) is 12. The summed E-state index contributed by atoms with van der Waals surface area (Å²) in [7, 11) is -18.1. The molecule has 0 spiro atoms. The molecule has 0 unspecified atom stereocenters. The highest BCUT2D eigenvalue weighted by Crippen LogP contribution is 2.56. The molecule has 11 N–H and O–H groups in total. The Kier molecular flexibility index (Phi) is 31.4. The number of benzene rings is 5. The standard InChI is InChI=1S/C20H16N2O10S4.C18H19NO7S2.C17H15N3O7S2.C14H13NO7S2.C14H11NO7S2/c23-14-10-28-20(25)21(14)6-5-12-9-13(18-19(17(12)24)30-11-29-18)22(35-32-31-15-3-1-7-33-15)36(26,27)16-4-2-8-34-16;1-18(2,3)26-13(20)7-6-11-9-12(16-17(15(11)21)25-10-24-16)19-28(22,23)14-5-4-8-27-14;1-19-8-12(21)20(17(19)23)5-4-10-7-11(15-16(14(10)22)27-9-26-15)18-29(24,25)13-3-2-6-28-13;2*16-10(17)4-3-8-6-9(13-14(12(8)18)22-7-21-13)15-24(19,20)11-2-1-5-23-11/h1-4,7-9,24H,5-6,10-11H2;4-9,19,21H,10H2,1-3H3;2-7,18,22H,8-9H2,1H3;1-2,5-6,15,18H,3-4,7H2,(H,16,17);1-6,15,18H,7H2,(H,16,17)/b;7-6+;5-4+;;4-3+. The molecule has 0 atom stereocenters. The SMILES string of the molecule is CC(C)(C)OC(=O)/C=C/c1cc(NS(=O)(=O)c2cccs2)c2c(c1O)OCO2.CN1CC(=O)N(/C=C/c2cc(NS(=O)(=O)c3cccs3)c3c(c2O)OCO3)C1=O.O=C(O)/C=C/c1cc(NS(=O)(=O)c2cccs2)c2c(c1O)OCO2.O=C(O)CCc1cc(NS(=O)(=O)c2cccs2)c2c(c1O)OCO2.O=C1COC(=O)N1CCc1cc(N(SOOc2cccs2)S(=O)(=O)c2cccs2)c2c(c1O)OCO2. The zero-order valence-electron chi connectivity index (χ0n) is 72.5. The quantitative estimate of drug-likeness (QED) is 0.00281. The zero-order valence-corrected chi connectivity index (χ0v) is 82.3. The maximum Gasteiger partial charge on any atom is 0.417 e. The number of esters is 1. The molecule has 141 heavy (non-hydrogen) atoms. The molecule has 0 radical (unpaired) electrons. The number of carboxylic acids is 2. The first-order valence-electron chi connectivity index (χ1n) is 39.9. The van der Waals surface area contributed by atoms with Crippen molar-refractivity contribution in [2.75, 3.05) is 83.3 Å². The van der Waals surface area contributed by atoms with Gasteiger partial charge in [-0.1, -0.05) is 34.7 Å². The summed E-state index contributed by atoms with van der Waals surface area (Å²) in [6, 6.07) is 24.8. The van der Waals surface area contributed by atoms with Crippen LogP contribution in [0.15, 0.2) is 175 Å². The summed E-state index contributed by atoms with van der Waals surface area (Å²) in [5, 5.41) is 79.6. The number of amides is 5. The van der Waals surface area contributed by atoms with Gasteiger partial charge in [-0.05, 0) is 157 Å². The Morgan fingerprint density at radius 3 is 1.23 bits per heavy atom. The smallest absolute Gasteiger partial charge is 0.417 e. The van der Waals surface area contributed by atoms with Gasteiger partial charge in [-0.15, -0.1) is 68.0 Å². The van der Waals surface area contributed by atoms with Crippen molar-refractivity contribution in [1.29, 1.82) is 0 Å². The molecule has 5 aromatic carbocycles. The fourth-order valence-electron chi connectivity index (χ4n) is 12.8. The molecule has 46 nitrogen and oxygen atoms in total. The van der Waals surface area contributed by atoms with Gasteiger partial charge >= 0.3 is 30.0 Å². The number of urea groups is 1. The van der Waals surface area contributed by atoms with Crippen LogP contribution in [0.1, 0.15) is 55.0 Å². The lowest BCUT2D eigenvalue weighted by Crippen LogP contribution is -2.31. The van der Waals surface area contributed by atoms with Crippen LogP contribution in [0.25, 0.3) is 18.2 Å². The monoisotopic (exact) mass is 2170 g/mol. The van der Waals surface area contributed by atoms with Crippen LogP contribution >= 0.6 is 80.2 Å². The van der Waals surface area contributed by atoms with E-state index >= 15 is 0 Å². The Bertz CT molecular complexity index is 7290. The van der Waals surface area contributed by atoms with Crippen LogP contribution in [0, 0.1) is 0 Å². The van der Waals surface area contributed by atoms with Gasteiger partial charge in [0.05, 0.1) is 22.7 Å². The topological polar surface area (TPSA) is 622 Å². The van der Waals surface area contributed by atoms with Gasteiger partial charge in [0.1, 0.15) is 38.9 Å². The van der Waals surface area contributed by atoms with E-state index < -0.39 is 97.6 Å². The largest absolute Gasteiger partial charge is 0.504 e. The number of sulfonamides is 5. The maximum absolute atomic E-state index is 13.5. The second kappa shape index (κ2) is 43.2. The van der Waals surface area contributed by atoms with E-state index in [0.717, 1.165) is 88.4 Å². The number of rotatable bonds is 31. The van der Waals surface area contributed by atoms with Crippen molar-refractivity contribution in [3.8, 4) is 91.3 Å². The Morgan fingerprint density at radius 2 is 0.851 bits per heavy atom. The summed E-state index contributed by atoms with van der Waals surface area (Å²) < 4.78 is 205. The summed E-state index contributed by atoms with van der Waals surface area (Å²) in [6.45, 7) is 3.68. The minimum atomic E-state index is -4.19. The van der Waals surface area contributed by atoms with Gasteiger partial charge < -0.3 is 102 Å². The molecular weight excluding hydrogens is 2100 g/mol. The van der Waals surface area contributed by atoms with Crippen molar-refractivity contribution in [1.82, 2.24) is 14.7 Å². The number of likely N-dealkylation sites (N-methyl/N-ethyl adjacent to an activating group) is 1. The third kappa shape index (κ3) is 24.1. The normalized spacial score (nSPS) is 14.3. The number of phenolic OH excluding ortho intramolecular Hbond substituents is 5. The number of phenols is 5. The molecule has 2 saturated heterocycles. The zero-order chi connectivity index (χ0) is 101. The number of thiophene rings is 6. The van der Waals surface area contributed by atoms with Crippen molar-refractivity contribution in [3.05, 3.63) is 182 Å². The fraction of sp³-hybridized carbons (Fsp3) is 0.193. The summed E-state index contributed by atoms with van der Waals surface area (Å²) in [4.78, 5) is 89.0. The van der Waals surface area contributed by atoms with Crippen LogP contribution < -0.4 is 74.9 Å². The van der Waals surface area contributed by atoms with E-state index in [1.807, 2.05) is 0 Å². The lowest BCUT2D eigenvalue weighted by atomic mass is 10.1. The number of nitrogens with zero attached hydrogens (tertiary/aromatic N) is 4. The van der Waals surface area contributed by atoms with E-state index in [1.165, 1.54) is 102 Å². The van der Waals surface area contributed by atoms with Crippen molar-refractivity contribution in [3.63, 3.8) is 0 Å². The molecule has 746 valence electrons. The van der Waals surface area contributed by atoms with Crippen LogP contribution in [-0.4, -0.2) is 201 Å². The van der Waals surface area contributed by atoms with Crippen molar-refractivity contribution in [2.24, 2.45) is 0 Å². The lowest BCUT2D eigenvalue weighted by molar-refractivity contribution is -0.148. The van der Waals surface area contributed by atoms with Crippen LogP contribution in [0.3, 0.4) is 0 Å². The average molecular weight is 2180 g/mol. The van der Waals surface area contributed by atoms with Gasteiger partial charge in [-0.3, -0.25) is 33.3 Å². The second-order valence-electron chi connectivity index (χ2n) is 29.7. The number of carbonyl (C=O) groups excluding carboxylic acids is 5. The van der Waals surface area contributed by atoms with Crippen LogP contribution in [0.4, 0.5) is 38.0 Å². The molecule has 0 bridgehead atoms. The molecule has 58 heteroatoms.